The Hall–Kier alpha value is -1.63. The molecule has 1 fully saturated rings. The third kappa shape index (κ3) is 3.69. The molecule has 20 heavy (non-hydrogen) atoms. The highest BCUT2D eigenvalue weighted by atomic mass is 16.3. The molecule has 1 saturated heterocycles. The lowest BCUT2D eigenvalue weighted by atomic mass is 10.1. The Bertz CT molecular complexity index is 421. The second-order valence-corrected chi connectivity index (χ2v) is 5.00. The minimum absolute atomic E-state index is 0.163. The second kappa shape index (κ2) is 7.23. The number of aliphatic hydroxyl groups excluding tert-OH is 1. The van der Waals surface area contributed by atoms with Crippen molar-refractivity contribution in [3.8, 4) is 0 Å². The highest BCUT2D eigenvalue weighted by Gasteiger charge is 2.17. The van der Waals surface area contributed by atoms with Gasteiger partial charge in [0.05, 0.1) is 0 Å². The van der Waals surface area contributed by atoms with Gasteiger partial charge in [0.1, 0.15) is 0 Å². The fourth-order valence-electron chi connectivity index (χ4n) is 2.41. The van der Waals surface area contributed by atoms with Crippen molar-refractivity contribution in [1.29, 1.82) is 0 Å². The van der Waals surface area contributed by atoms with Gasteiger partial charge in [0.15, 0.2) is 0 Å². The molecule has 0 radical (unpaired) electrons. The van der Waals surface area contributed by atoms with E-state index in [-0.39, 0.29) is 12.6 Å². The van der Waals surface area contributed by atoms with Crippen LogP contribution >= 0.6 is 0 Å². The molecule has 0 spiro atoms. The van der Waals surface area contributed by atoms with Crippen molar-refractivity contribution in [2.24, 2.45) is 0 Å². The lowest BCUT2D eigenvalue weighted by Crippen LogP contribution is -2.33. The summed E-state index contributed by atoms with van der Waals surface area (Å²) in [7, 11) is 0. The van der Waals surface area contributed by atoms with Crippen LogP contribution in [0.5, 0.6) is 0 Å². The smallest absolute Gasteiger partial charge is 0.231 e. The fraction of sp³-hybridized carbons (Fsp3) is 0.769. The van der Waals surface area contributed by atoms with Crippen LogP contribution in [0.2, 0.25) is 0 Å². The summed E-state index contributed by atoms with van der Waals surface area (Å²) in [6, 6.07) is 0. The van der Waals surface area contributed by atoms with Crippen LogP contribution in [0.15, 0.2) is 0 Å². The van der Waals surface area contributed by atoms with Crippen LogP contribution in [-0.2, 0) is 0 Å². The standard InChI is InChI=1S/C13H24N6O/c1-2-18(9-6-10-20)12-15-11(14)16-13(17-12)19-7-4-3-5-8-19/h20H,2-10H2,1H3,(H2,14,15,16,17). The van der Waals surface area contributed by atoms with Crippen LogP contribution in [0.1, 0.15) is 32.6 Å². The SMILES string of the molecule is CCN(CCCO)c1nc(N)nc(N2CCCCC2)n1. The molecule has 1 aliphatic heterocycles. The quantitative estimate of drug-likeness (QED) is 0.790. The Labute approximate surface area is 119 Å². The van der Waals surface area contributed by atoms with Gasteiger partial charge in [-0.3, -0.25) is 0 Å². The van der Waals surface area contributed by atoms with Crippen molar-refractivity contribution in [3.05, 3.63) is 0 Å². The zero-order valence-electron chi connectivity index (χ0n) is 12.1. The monoisotopic (exact) mass is 280 g/mol. The maximum Gasteiger partial charge on any atom is 0.231 e. The number of nitrogen functional groups attached to an aromatic ring is 1. The number of hydrogen-bond acceptors (Lipinski definition) is 7. The molecule has 2 heterocycles. The van der Waals surface area contributed by atoms with Crippen molar-refractivity contribution in [1.82, 2.24) is 15.0 Å². The number of nitrogens with two attached hydrogens (primary N) is 1. The average molecular weight is 280 g/mol. The summed E-state index contributed by atoms with van der Waals surface area (Å²) in [6.45, 7) is 5.66. The maximum atomic E-state index is 8.96. The lowest BCUT2D eigenvalue weighted by molar-refractivity contribution is 0.289. The zero-order valence-corrected chi connectivity index (χ0v) is 12.1. The summed E-state index contributed by atoms with van der Waals surface area (Å²) in [6.07, 6.45) is 4.30. The topological polar surface area (TPSA) is 91.4 Å². The summed E-state index contributed by atoms with van der Waals surface area (Å²) in [5.41, 5.74) is 5.82. The first kappa shape index (κ1) is 14.8. The third-order valence-electron chi connectivity index (χ3n) is 3.52. The summed E-state index contributed by atoms with van der Waals surface area (Å²) < 4.78 is 0. The van der Waals surface area contributed by atoms with Gasteiger partial charge < -0.3 is 20.6 Å². The maximum absolute atomic E-state index is 8.96. The van der Waals surface area contributed by atoms with E-state index in [2.05, 4.69) is 19.9 Å². The molecule has 1 aliphatic rings. The minimum atomic E-state index is 0.163. The van der Waals surface area contributed by atoms with E-state index in [1.54, 1.807) is 0 Å². The molecule has 0 amide bonds. The van der Waals surface area contributed by atoms with E-state index < -0.39 is 0 Å². The Morgan fingerprint density at radius 2 is 1.95 bits per heavy atom. The number of piperidine rings is 1. The molecule has 0 unspecified atom stereocenters. The van der Waals surface area contributed by atoms with Gasteiger partial charge in [-0.2, -0.15) is 15.0 Å². The molecule has 2 rings (SSSR count). The summed E-state index contributed by atoms with van der Waals surface area (Å²) in [5.74, 6) is 1.54. The average Bonchev–Trinajstić information content (AvgIpc) is 2.48. The zero-order chi connectivity index (χ0) is 14.4. The number of anilines is 3. The van der Waals surface area contributed by atoms with E-state index >= 15 is 0 Å². The molecule has 7 nitrogen and oxygen atoms in total. The highest BCUT2D eigenvalue weighted by molar-refractivity contribution is 5.43. The van der Waals surface area contributed by atoms with Gasteiger partial charge in [0.25, 0.3) is 0 Å². The predicted octanol–water partition coefficient (Wildman–Crippen LogP) is 0.653. The van der Waals surface area contributed by atoms with Crippen LogP contribution in [0.25, 0.3) is 0 Å². The third-order valence-corrected chi connectivity index (χ3v) is 3.52. The first-order valence-corrected chi connectivity index (χ1v) is 7.37. The molecule has 1 aromatic heterocycles. The normalized spacial score (nSPS) is 15.4. The number of aromatic nitrogens is 3. The molecule has 0 atom stereocenters. The van der Waals surface area contributed by atoms with E-state index in [0.717, 1.165) is 26.2 Å². The Balaban J connectivity index is 2.17. The van der Waals surface area contributed by atoms with Crippen molar-refractivity contribution < 1.29 is 5.11 Å². The second-order valence-electron chi connectivity index (χ2n) is 5.00. The van der Waals surface area contributed by atoms with Gasteiger partial charge in [-0.25, -0.2) is 0 Å². The molecule has 0 bridgehead atoms. The first-order valence-electron chi connectivity index (χ1n) is 7.37. The van der Waals surface area contributed by atoms with E-state index in [0.29, 0.717) is 18.3 Å². The minimum Gasteiger partial charge on any atom is -0.396 e. The van der Waals surface area contributed by atoms with Gasteiger partial charge in [0.2, 0.25) is 17.8 Å². The molecule has 0 saturated carbocycles. The van der Waals surface area contributed by atoms with Crippen molar-refractivity contribution >= 4 is 17.8 Å². The highest BCUT2D eigenvalue weighted by Crippen LogP contribution is 2.19. The van der Waals surface area contributed by atoms with E-state index in [1.807, 2.05) is 11.8 Å². The summed E-state index contributed by atoms with van der Waals surface area (Å²) in [5, 5.41) is 8.96. The molecule has 112 valence electrons. The van der Waals surface area contributed by atoms with Crippen molar-refractivity contribution in [2.75, 3.05) is 48.3 Å². The number of aliphatic hydroxyl groups is 1. The Morgan fingerprint density at radius 3 is 2.60 bits per heavy atom. The Morgan fingerprint density at radius 1 is 1.20 bits per heavy atom. The first-order chi connectivity index (χ1) is 9.74. The molecular formula is C13H24N6O. The number of rotatable bonds is 6. The number of nitrogens with zero attached hydrogens (tertiary/aromatic N) is 5. The molecular weight excluding hydrogens is 256 g/mol. The lowest BCUT2D eigenvalue weighted by Gasteiger charge is -2.28. The molecule has 1 aromatic rings. The van der Waals surface area contributed by atoms with Gasteiger partial charge >= 0.3 is 0 Å². The predicted molar refractivity (Wildman–Crippen MR) is 79.9 cm³/mol. The molecule has 0 aliphatic carbocycles. The fourth-order valence-corrected chi connectivity index (χ4v) is 2.41. The van der Waals surface area contributed by atoms with E-state index in [4.69, 9.17) is 10.8 Å². The van der Waals surface area contributed by atoms with Crippen molar-refractivity contribution in [3.63, 3.8) is 0 Å². The van der Waals surface area contributed by atoms with Crippen LogP contribution in [0, 0.1) is 0 Å². The van der Waals surface area contributed by atoms with Gasteiger partial charge in [-0.05, 0) is 32.6 Å². The summed E-state index contributed by atoms with van der Waals surface area (Å²) >= 11 is 0. The largest absolute Gasteiger partial charge is 0.396 e. The van der Waals surface area contributed by atoms with Crippen LogP contribution in [-0.4, -0.2) is 52.8 Å². The van der Waals surface area contributed by atoms with E-state index in [1.165, 1.54) is 19.3 Å². The Kier molecular flexibility index (Phi) is 5.34. The van der Waals surface area contributed by atoms with Crippen molar-refractivity contribution in [2.45, 2.75) is 32.6 Å². The number of hydrogen-bond donors (Lipinski definition) is 2. The van der Waals surface area contributed by atoms with Gasteiger partial charge in [0, 0.05) is 32.8 Å². The summed E-state index contributed by atoms with van der Waals surface area (Å²) in [4.78, 5) is 17.2. The van der Waals surface area contributed by atoms with Crippen LogP contribution in [0.3, 0.4) is 0 Å². The van der Waals surface area contributed by atoms with Crippen LogP contribution in [0.4, 0.5) is 17.8 Å². The van der Waals surface area contributed by atoms with E-state index in [9.17, 15) is 0 Å². The van der Waals surface area contributed by atoms with Gasteiger partial charge in [-0.1, -0.05) is 0 Å². The molecule has 0 aromatic carbocycles. The molecule has 7 heteroatoms. The van der Waals surface area contributed by atoms with Crippen LogP contribution < -0.4 is 15.5 Å². The molecule has 3 N–H and O–H groups in total. The van der Waals surface area contributed by atoms with Gasteiger partial charge in [-0.15, -0.1) is 0 Å².